The van der Waals surface area contributed by atoms with Crippen LogP contribution in [0.3, 0.4) is 0 Å². The Kier molecular flexibility index (Phi) is 12.4. The number of rotatable bonds is 13. The Labute approximate surface area is 113 Å². The molecule has 0 saturated carbocycles. The van der Waals surface area contributed by atoms with Crippen LogP contribution in [0.5, 0.6) is 0 Å². The molecule has 1 N–H and O–H groups in total. The molecule has 0 heterocycles. The molecule has 7 heteroatoms. The molecule has 0 radical (unpaired) electrons. The third-order valence-electron chi connectivity index (χ3n) is 2.18. The highest BCUT2D eigenvalue weighted by Gasteiger charge is 2.15. The van der Waals surface area contributed by atoms with Gasteiger partial charge in [-0.15, -0.1) is 0 Å². The summed E-state index contributed by atoms with van der Waals surface area (Å²) in [6.45, 7) is 3.10. The van der Waals surface area contributed by atoms with Crippen LogP contribution < -0.4 is 0 Å². The molecule has 1 unspecified atom stereocenters. The van der Waals surface area contributed by atoms with Crippen molar-refractivity contribution in [3.63, 3.8) is 0 Å². The lowest BCUT2D eigenvalue weighted by Gasteiger charge is -2.07. The molecule has 7 nitrogen and oxygen atoms in total. The van der Waals surface area contributed by atoms with E-state index in [1.807, 2.05) is 0 Å². The van der Waals surface area contributed by atoms with Crippen molar-refractivity contribution in [2.45, 2.75) is 6.42 Å². The molecule has 0 aliphatic heterocycles. The van der Waals surface area contributed by atoms with Crippen molar-refractivity contribution in [1.82, 2.24) is 0 Å². The van der Waals surface area contributed by atoms with E-state index < -0.39 is 11.9 Å². The minimum atomic E-state index is -1.12. The maximum absolute atomic E-state index is 10.5. The van der Waals surface area contributed by atoms with Gasteiger partial charge in [0.05, 0.1) is 45.7 Å². The van der Waals surface area contributed by atoms with Gasteiger partial charge in [-0.05, 0) is 6.42 Å². The fraction of sp³-hybridized carbons (Fsp3) is 0.833. The summed E-state index contributed by atoms with van der Waals surface area (Å²) in [6, 6.07) is 1.70. The lowest BCUT2D eigenvalue weighted by Crippen LogP contribution is -2.15. The summed E-state index contributed by atoms with van der Waals surface area (Å²) in [7, 11) is 1.61. The molecular weight excluding hydrogens is 254 g/mol. The molecule has 0 aliphatic rings. The van der Waals surface area contributed by atoms with Gasteiger partial charge in [0, 0.05) is 13.7 Å². The summed E-state index contributed by atoms with van der Waals surface area (Å²) in [5.41, 5.74) is 0. The van der Waals surface area contributed by atoms with Crippen LogP contribution >= 0.6 is 0 Å². The fourth-order valence-corrected chi connectivity index (χ4v) is 1.13. The van der Waals surface area contributed by atoms with E-state index in [9.17, 15) is 4.79 Å². The normalized spacial score (nSPS) is 12.0. The summed E-state index contributed by atoms with van der Waals surface area (Å²) in [4.78, 5) is 10.5. The van der Waals surface area contributed by atoms with Crippen LogP contribution in [0.25, 0.3) is 0 Å². The molecule has 0 aromatic heterocycles. The predicted molar refractivity (Wildman–Crippen MR) is 65.7 cm³/mol. The Bertz CT molecular complexity index is 265. The summed E-state index contributed by atoms with van der Waals surface area (Å²) in [6.07, 6.45) is 0.186. The number of carboxylic acids is 1. The summed E-state index contributed by atoms with van der Waals surface area (Å²) < 4.78 is 20.4. The molecule has 0 aliphatic carbocycles. The Morgan fingerprint density at radius 3 is 1.95 bits per heavy atom. The van der Waals surface area contributed by atoms with E-state index in [0.29, 0.717) is 39.6 Å². The molecule has 110 valence electrons. The number of ether oxygens (including phenoxy) is 4. The van der Waals surface area contributed by atoms with Gasteiger partial charge in [0.25, 0.3) is 0 Å². The fourth-order valence-electron chi connectivity index (χ4n) is 1.13. The molecule has 0 fully saturated rings. The van der Waals surface area contributed by atoms with Crippen LogP contribution in [0.4, 0.5) is 0 Å². The maximum Gasteiger partial charge on any atom is 0.320 e. The van der Waals surface area contributed by atoms with E-state index in [4.69, 9.17) is 29.3 Å². The number of nitriles is 1. The van der Waals surface area contributed by atoms with Gasteiger partial charge < -0.3 is 24.1 Å². The van der Waals surface area contributed by atoms with Crippen molar-refractivity contribution in [1.29, 1.82) is 5.26 Å². The topological polar surface area (TPSA) is 98.0 Å². The zero-order chi connectivity index (χ0) is 14.3. The van der Waals surface area contributed by atoms with Gasteiger partial charge in [-0.2, -0.15) is 5.26 Å². The standard InChI is InChI=1S/C12H21NO6/c1-16-4-5-18-8-9-19-7-6-17-3-2-11(10-13)12(14)15/h11H,2-9H2,1H3,(H,14,15). The lowest BCUT2D eigenvalue weighted by atomic mass is 10.1. The van der Waals surface area contributed by atoms with Gasteiger partial charge in [-0.3, -0.25) is 4.79 Å². The Morgan fingerprint density at radius 1 is 1.05 bits per heavy atom. The molecule has 0 rings (SSSR count). The smallest absolute Gasteiger partial charge is 0.320 e. The van der Waals surface area contributed by atoms with E-state index >= 15 is 0 Å². The van der Waals surface area contributed by atoms with Crippen molar-refractivity contribution in [2.24, 2.45) is 5.92 Å². The molecular formula is C12H21NO6. The van der Waals surface area contributed by atoms with Crippen molar-refractivity contribution in [3.05, 3.63) is 0 Å². The molecule has 0 amide bonds. The number of carboxylic acid groups (broad SMARTS) is 1. The number of hydrogen-bond donors (Lipinski definition) is 1. The van der Waals surface area contributed by atoms with Gasteiger partial charge in [0.15, 0.2) is 0 Å². The van der Waals surface area contributed by atoms with E-state index in [2.05, 4.69) is 0 Å². The van der Waals surface area contributed by atoms with Gasteiger partial charge in [0.1, 0.15) is 5.92 Å². The molecule has 1 atom stereocenters. The number of methoxy groups -OCH3 is 1. The van der Waals surface area contributed by atoms with Crippen molar-refractivity contribution in [3.8, 4) is 6.07 Å². The van der Waals surface area contributed by atoms with E-state index in [1.165, 1.54) is 0 Å². The van der Waals surface area contributed by atoms with E-state index in [1.54, 1.807) is 13.2 Å². The molecule has 0 saturated heterocycles. The summed E-state index contributed by atoms with van der Waals surface area (Å²) in [5.74, 6) is -2.12. The average molecular weight is 275 g/mol. The molecule has 0 aromatic carbocycles. The first-order valence-electron chi connectivity index (χ1n) is 6.07. The predicted octanol–water partition coefficient (Wildman–Crippen LogP) is 0.297. The number of hydrogen-bond acceptors (Lipinski definition) is 6. The number of nitrogens with zero attached hydrogens (tertiary/aromatic N) is 1. The molecule has 0 bridgehead atoms. The first-order valence-corrected chi connectivity index (χ1v) is 6.07. The molecule has 19 heavy (non-hydrogen) atoms. The average Bonchev–Trinajstić information content (AvgIpc) is 2.40. The SMILES string of the molecule is COCCOCCOCCOCCC(C#N)C(=O)O. The monoisotopic (exact) mass is 275 g/mol. The maximum atomic E-state index is 10.5. The highest BCUT2D eigenvalue weighted by Crippen LogP contribution is 2.01. The Balaban J connectivity index is 3.19. The number of aliphatic carboxylic acids is 1. The summed E-state index contributed by atoms with van der Waals surface area (Å²) >= 11 is 0. The van der Waals surface area contributed by atoms with Crippen LogP contribution in [0.2, 0.25) is 0 Å². The Hall–Kier alpha value is -1.20. The minimum Gasteiger partial charge on any atom is -0.480 e. The second-order valence-corrected chi connectivity index (χ2v) is 3.64. The highest BCUT2D eigenvalue weighted by molar-refractivity contribution is 5.72. The van der Waals surface area contributed by atoms with E-state index in [-0.39, 0.29) is 13.0 Å². The van der Waals surface area contributed by atoms with Gasteiger partial charge in [0.2, 0.25) is 0 Å². The van der Waals surface area contributed by atoms with Crippen molar-refractivity contribution >= 4 is 5.97 Å². The second-order valence-electron chi connectivity index (χ2n) is 3.64. The Morgan fingerprint density at radius 2 is 1.53 bits per heavy atom. The van der Waals surface area contributed by atoms with Crippen molar-refractivity contribution in [2.75, 3.05) is 53.4 Å². The van der Waals surface area contributed by atoms with Gasteiger partial charge >= 0.3 is 5.97 Å². The lowest BCUT2D eigenvalue weighted by molar-refractivity contribution is -0.140. The molecule has 0 spiro atoms. The zero-order valence-electron chi connectivity index (χ0n) is 11.2. The third-order valence-corrected chi connectivity index (χ3v) is 2.18. The quantitative estimate of drug-likeness (QED) is 0.482. The first kappa shape index (κ1) is 17.8. The van der Waals surface area contributed by atoms with Crippen LogP contribution in [0.1, 0.15) is 6.42 Å². The zero-order valence-corrected chi connectivity index (χ0v) is 11.2. The van der Waals surface area contributed by atoms with Crippen LogP contribution in [-0.4, -0.2) is 64.4 Å². The van der Waals surface area contributed by atoms with Crippen LogP contribution in [0, 0.1) is 17.2 Å². The summed E-state index contributed by atoms with van der Waals surface area (Å²) in [5, 5.41) is 17.1. The number of carbonyl (C=O) groups is 1. The first-order chi connectivity index (χ1) is 9.22. The third kappa shape index (κ3) is 11.6. The van der Waals surface area contributed by atoms with E-state index in [0.717, 1.165) is 0 Å². The highest BCUT2D eigenvalue weighted by atomic mass is 16.6. The largest absolute Gasteiger partial charge is 0.480 e. The second kappa shape index (κ2) is 13.2. The van der Waals surface area contributed by atoms with Crippen LogP contribution in [0.15, 0.2) is 0 Å². The van der Waals surface area contributed by atoms with Crippen molar-refractivity contribution < 1.29 is 28.8 Å². The van der Waals surface area contributed by atoms with Gasteiger partial charge in [-0.1, -0.05) is 0 Å². The molecule has 0 aromatic rings. The van der Waals surface area contributed by atoms with Crippen LogP contribution in [-0.2, 0) is 23.7 Å². The minimum absolute atomic E-state index is 0.186. The van der Waals surface area contributed by atoms with Gasteiger partial charge in [-0.25, -0.2) is 0 Å².